The maximum Gasteiger partial charge on any atom is 0.309 e. The van der Waals surface area contributed by atoms with E-state index in [2.05, 4.69) is 19.9 Å². The van der Waals surface area contributed by atoms with Gasteiger partial charge in [0.25, 0.3) is 0 Å². The number of nitrogens with zero attached hydrogens (tertiary/aromatic N) is 1. The third kappa shape index (κ3) is 8.27. The highest BCUT2D eigenvalue weighted by Gasteiger charge is 2.38. The Morgan fingerprint density at radius 2 is 1.38 bits per heavy atom. The van der Waals surface area contributed by atoms with Crippen LogP contribution in [0.5, 0.6) is 0 Å². The number of hydrogen-bond acceptors (Lipinski definition) is 3. The molecule has 3 heteroatoms. The Labute approximate surface area is 210 Å². The number of hydrogen-bond donors (Lipinski definition) is 0. The highest BCUT2D eigenvalue weighted by molar-refractivity contribution is 5.72. The van der Waals surface area contributed by atoms with Crippen molar-refractivity contribution in [1.82, 2.24) is 0 Å². The SMILES string of the molecule is CCCCCCCC1(C#N)CCC(OC(=O)[C@H]2CC[C@H]([C@H]3CC[C@H](CCCC)CC3)CC2)CC1. The van der Waals surface area contributed by atoms with Crippen LogP contribution in [0.1, 0.15) is 149 Å². The molecule has 0 saturated heterocycles. The van der Waals surface area contributed by atoms with Crippen LogP contribution in [0.3, 0.4) is 0 Å². The molecule has 0 amide bonds. The van der Waals surface area contributed by atoms with Crippen molar-refractivity contribution in [1.29, 1.82) is 5.26 Å². The summed E-state index contributed by atoms with van der Waals surface area (Å²) < 4.78 is 6.01. The summed E-state index contributed by atoms with van der Waals surface area (Å²) in [5, 5.41) is 9.84. The molecule has 0 unspecified atom stereocenters. The maximum atomic E-state index is 12.9. The van der Waals surface area contributed by atoms with Crippen molar-refractivity contribution in [2.75, 3.05) is 0 Å². The lowest BCUT2D eigenvalue weighted by Gasteiger charge is -2.38. The van der Waals surface area contributed by atoms with Gasteiger partial charge in [-0.2, -0.15) is 5.26 Å². The van der Waals surface area contributed by atoms with Gasteiger partial charge in [0.15, 0.2) is 0 Å². The van der Waals surface area contributed by atoms with E-state index in [0.717, 1.165) is 62.7 Å². The van der Waals surface area contributed by atoms with E-state index >= 15 is 0 Å². The van der Waals surface area contributed by atoms with Crippen LogP contribution < -0.4 is 0 Å². The lowest BCUT2D eigenvalue weighted by atomic mass is 9.68. The van der Waals surface area contributed by atoms with Gasteiger partial charge in [-0.15, -0.1) is 0 Å². The fourth-order valence-corrected chi connectivity index (χ4v) is 7.27. The first-order chi connectivity index (χ1) is 16.6. The molecule has 3 saturated carbocycles. The van der Waals surface area contributed by atoms with E-state index in [1.165, 1.54) is 89.9 Å². The van der Waals surface area contributed by atoms with Crippen LogP contribution in [-0.4, -0.2) is 12.1 Å². The molecule has 0 bridgehead atoms. The van der Waals surface area contributed by atoms with Gasteiger partial charge >= 0.3 is 5.97 Å². The Kier molecular flexibility index (Phi) is 11.7. The van der Waals surface area contributed by atoms with Gasteiger partial charge in [0, 0.05) is 0 Å². The van der Waals surface area contributed by atoms with Crippen molar-refractivity contribution in [3.8, 4) is 6.07 Å². The maximum absolute atomic E-state index is 12.9. The molecule has 3 fully saturated rings. The highest BCUT2D eigenvalue weighted by Crippen LogP contribution is 2.44. The van der Waals surface area contributed by atoms with Crippen LogP contribution in [0.25, 0.3) is 0 Å². The van der Waals surface area contributed by atoms with Crippen molar-refractivity contribution in [2.24, 2.45) is 29.1 Å². The third-order valence-electron chi connectivity index (χ3n) is 9.80. The molecule has 0 aromatic carbocycles. The largest absolute Gasteiger partial charge is 0.462 e. The second-order valence-electron chi connectivity index (χ2n) is 12.2. The molecular formula is C31H53NO2. The molecule has 0 N–H and O–H groups in total. The molecule has 3 nitrogen and oxygen atoms in total. The van der Waals surface area contributed by atoms with Gasteiger partial charge in [0.2, 0.25) is 0 Å². The van der Waals surface area contributed by atoms with Crippen LogP contribution in [-0.2, 0) is 9.53 Å². The molecule has 34 heavy (non-hydrogen) atoms. The zero-order valence-electron chi connectivity index (χ0n) is 22.5. The predicted octanol–water partition coefficient (Wildman–Crippen LogP) is 9.15. The average molecular weight is 472 g/mol. The molecule has 0 radical (unpaired) electrons. The monoisotopic (exact) mass is 471 g/mol. The molecule has 0 aromatic heterocycles. The van der Waals surface area contributed by atoms with Crippen LogP contribution in [0.2, 0.25) is 0 Å². The summed E-state index contributed by atoms with van der Waals surface area (Å²) >= 11 is 0. The minimum Gasteiger partial charge on any atom is -0.462 e. The number of rotatable bonds is 12. The second kappa shape index (κ2) is 14.5. The van der Waals surface area contributed by atoms with E-state index in [4.69, 9.17) is 4.74 Å². The normalized spacial score (nSPS) is 34.3. The van der Waals surface area contributed by atoms with Gasteiger partial charge in [-0.3, -0.25) is 4.79 Å². The number of esters is 1. The van der Waals surface area contributed by atoms with Crippen molar-refractivity contribution in [2.45, 2.75) is 155 Å². The van der Waals surface area contributed by atoms with Crippen molar-refractivity contribution in [3.05, 3.63) is 0 Å². The molecule has 194 valence electrons. The van der Waals surface area contributed by atoms with Crippen LogP contribution >= 0.6 is 0 Å². The molecule has 3 rings (SSSR count). The quantitative estimate of drug-likeness (QED) is 0.210. The number of carbonyl (C=O) groups is 1. The summed E-state index contributed by atoms with van der Waals surface area (Å²) in [7, 11) is 0. The zero-order chi connectivity index (χ0) is 24.2. The van der Waals surface area contributed by atoms with E-state index in [-0.39, 0.29) is 23.4 Å². The van der Waals surface area contributed by atoms with E-state index < -0.39 is 0 Å². The minimum atomic E-state index is -0.164. The standard InChI is InChI=1S/C31H53NO2/c1-3-5-7-8-9-21-31(24-32)22-19-29(20-23-31)34-30(33)28-17-15-27(16-18-28)26-13-11-25(12-14-26)10-6-4-2/h25-29H,3-23H2,1-2H3/t25-,26-,27-,28-,29?,31?. The van der Waals surface area contributed by atoms with Gasteiger partial charge in [-0.1, -0.05) is 78.1 Å². The number of nitriles is 1. The molecule has 0 spiro atoms. The molecule has 0 heterocycles. The second-order valence-corrected chi connectivity index (χ2v) is 12.2. The topological polar surface area (TPSA) is 50.1 Å². The van der Waals surface area contributed by atoms with Gasteiger partial charge in [0.05, 0.1) is 17.4 Å². The fraction of sp³-hybridized carbons (Fsp3) is 0.935. The van der Waals surface area contributed by atoms with Crippen molar-refractivity contribution < 1.29 is 9.53 Å². The van der Waals surface area contributed by atoms with Crippen LogP contribution in [0.15, 0.2) is 0 Å². The van der Waals surface area contributed by atoms with E-state index in [1.54, 1.807) is 0 Å². The van der Waals surface area contributed by atoms with E-state index in [1.807, 2.05) is 0 Å². The Morgan fingerprint density at radius 3 is 1.97 bits per heavy atom. The molecular weight excluding hydrogens is 418 g/mol. The average Bonchev–Trinajstić information content (AvgIpc) is 2.89. The smallest absolute Gasteiger partial charge is 0.309 e. The molecule has 3 aliphatic carbocycles. The minimum absolute atomic E-state index is 0.0465. The van der Waals surface area contributed by atoms with Crippen molar-refractivity contribution >= 4 is 5.97 Å². The molecule has 0 aromatic rings. The number of carbonyl (C=O) groups excluding carboxylic acids is 1. The third-order valence-corrected chi connectivity index (χ3v) is 9.80. The lowest BCUT2D eigenvalue weighted by molar-refractivity contribution is -0.158. The Bertz CT molecular complexity index is 614. The summed E-state index contributed by atoms with van der Waals surface area (Å²) in [4.78, 5) is 12.9. The molecule has 0 aliphatic heterocycles. The highest BCUT2D eigenvalue weighted by atomic mass is 16.5. The van der Waals surface area contributed by atoms with Gasteiger partial charge < -0.3 is 4.74 Å². The summed E-state index contributed by atoms with van der Waals surface area (Å²) in [6.45, 7) is 4.55. The fourth-order valence-electron chi connectivity index (χ4n) is 7.27. The summed E-state index contributed by atoms with van der Waals surface area (Å²) in [6.07, 6.45) is 25.4. The first-order valence-corrected chi connectivity index (χ1v) is 15.2. The van der Waals surface area contributed by atoms with Crippen LogP contribution in [0, 0.1) is 40.4 Å². The molecule has 3 aliphatic rings. The Hall–Kier alpha value is -1.04. The first kappa shape index (κ1) is 27.5. The summed E-state index contributed by atoms with van der Waals surface area (Å²) in [6, 6.07) is 2.65. The van der Waals surface area contributed by atoms with E-state index in [9.17, 15) is 10.1 Å². The van der Waals surface area contributed by atoms with E-state index in [0.29, 0.717) is 0 Å². The summed E-state index contributed by atoms with van der Waals surface area (Å²) in [5.41, 5.74) is -0.164. The van der Waals surface area contributed by atoms with Gasteiger partial charge in [-0.25, -0.2) is 0 Å². The van der Waals surface area contributed by atoms with Crippen molar-refractivity contribution in [3.63, 3.8) is 0 Å². The summed E-state index contributed by atoms with van der Waals surface area (Å²) in [5.74, 6) is 2.93. The predicted molar refractivity (Wildman–Crippen MR) is 140 cm³/mol. The zero-order valence-corrected chi connectivity index (χ0v) is 22.5. The lowest BCUT2D eigenvalue weighted by Crippen LogP contribution is -2.34. The van der Waals surface area contributed by atoms with Crippen LogP contribution in [0.4, 0.5) is 0 Å². The number of unbranched alkanes of at least 4 members (excludes halogenated alkanes) is 5. The Balaban J connectivity index is 1.32. The first-order valence-electron chi connectivity index (χ1n) is 15.2. The van der Waals surface area contributed by atoms with Gasteiger partial charge in [-0.05, 0) is 88.4 Å². The number of ether oxygens (including phenoxy) is 1. The Morgan fingerprint density at radius 1 is 0.794 bits per heavy atom. The molecule has 0 atom stereocenters. The van der Waals surface area contributed by atoms with Gasteiger partial charge in [0.1, 0.15) is 6.10 Å².